The zero-order chi connectivity index (χ0) is 13.3. The first-order valence-electron chi connectivity index (χ1n) is 7.20. The molecule has 1 aliphatic rings. The molecule has 0 heterocycles. The summed E-state index contributed by atoms with van der Waals surface area (Å²) < 4.78 is 0. The van der Waals surface area contributed by atoms with E-state index in [0.717, 1.165) is 24.3 Å². The van der Waals surface area contributed by atoms with Gasteiger partial charge in [-0.1, -0.05) is 49.1 Å². The topological polar surface area (TPSA) is 20.2 Å². The van der Waals surface area contributed by atoms with E-state index in [1.807, 2.05) is 6.92 Å². The van der Waals surface area contributed by atoms with E-state index in [9.17, 15) is 5.11 Å². The van der Waals surface area contributed by atoms with Crippen LogP contribution in [0.3, 0.4) is 0 Å². The summed E-state index contributed by atoms with van der Waals surface area (Å²) in [6.07, 6.45) is 4.89. The van der Waals surface area contributed by atoms with Gasteiger partial charge in [-0.15, -0.1) is 0 Å². The Morgan fingerprint density at radius 1 is 1.11 bits per heavy atom. The Kier molecular flexibility index (Phi) is 3.82. The van der Waals surface area contributed by atoms with Crippen LogP contribution >= 0.6 is 0 Å². The predicted molar refractivity (Wildman–Crippen MR) is 76.6 cm³/mol. The summed E-state index contributed by atoms with van der Waals surface area (Å²) in [5.41, 5.74) is 2.91. The average Bonchev–Trinajstić information content (AvgIpc) is 2.27. The van der Waals surface area contributed by atoms with Crippen molar-refractivity contribution in [2.24, 2.45) is 11.8 Å². The van der Waals surface area contributed by atoms with Gasteiger partial charge in [-0.3, -0.25) is 0 Å². The van der Waals surface area contributed by atoms with Crippen LogP contribution < -0.4 is 0 Å². The third-order valence-corrected chi connectivity index (χ3v) is 4.54. The van der Waals surface area contributed by atoms with Crippen LogP contribution in [0.2, 0.25) is 0 Å². The van der Waals surface area contributed by atoms with Gasteiger partial charge in [0.2, 0.25) is 0 Å². The molecule has 1 aromatic carbocycles. The van der Waals surface area contributed by atoms with Gasteiger partial charge < -0.3 is 5.11 Å². The maximum Gasteiger partial charge on any atom is 0.0896 e. The van der Waals surface area contributed by atoms with Crippen molar-refractivity contribution in [3.8, 4) is 0 Å². The Hall–Kier alpha value is -0.820. The largest absolute Gasteiger partial charge is 0.385 e. The maximum atomic E-state index is 11.0. The van der Waals surface area contributed by atoms with Gasteiger partial charge in [0.1, 0.15) is 0 Å². The number of aryl methyl sites for hydroxylation is 2. The summed E-state index contributed by atoms with van der Waals surface area (Å²) in [4.78, 5) is 0. The minimum atomic E-state index is -0.675. The lowest BCUT2D eigenvalue weighted by atomic mass is 9.71. The second kappa shape index (κ2) is 5.05. The first kappa shape index (κ1) is 13.6. The second-order valence-corrected chi connectivity index (χ2v) is 6.49. The highest BCUT2D eigenvalue weighted by Crippen LogP contribution is 2.41. The summed E-state index contributed by atoms with van der Waals surface area (Å²) in [5.74, 6) is 1.16. The molecule has 1 aliphatic carbocycles. The molecular weight excluding hydrogens is 220 g/mol. The van der Waals surface area contributed by atoms with E-state index in [0.29, 0.717) is 5.92 Å². The summed E-state index contributed by atoms with van der Waals surface area (Å²) >= 11 is 0. The van der Waals surface area contributed by atoms with E-state index in [-0.39, 0.29) is 0 Å². The lowest BCUT2D eigenvalue weighted by Crippen LogP contribution is -2.35. The van der Waals surface area contributed by atoms with Crippen LogP contribution in [0.4, 0.5) is 0 Å². The van der Waals surface area contributed by atoms with Crippen LogP contribution in [0.25, 0.3) is 0 Å². The Morgan fingerprint density at radius 2 is 1.72 bits per heavy atom. The number of rotatable bonds is 2. The standard InChI is InChI=1S/C17H26O/c1-12-6-5-7-15(9-12)17(4,18)16-10-13(2)8-14(3)11-16/h8,10-12,15,18H,5-7,9H2,1-4H3. The molecule has 0 radical (unpaired) electrons. The van der Waals surface area contributed by atoms with Crippen LogP contribution in [-0.4, -0.2) is 5.11 Å². The normalized spacial score (nSPS) is 27.8. The quantitative estimate of drug-likeness (QED) is 0.823. The zero-order valence-corrected chi connectivity index (χ0v) is 12.2. The van der Waals surface area contributed by atoms with Gasteiger partial charge in [-0.25, -0.2) is 0 Å². The van der Waals surface area contributed by atoms with Gasteiger partial charge in [0.05, 0.1) is 5.60 Å². The van der Waals surface area contributed by atoms with Crippen molar-refractivity contribution in [1.82, 2.24) is 0 Å². The SMILES string of the molecule is Cc1cc(C)cc(C(C)(O)C2CCCC(C)C2)c1. The van der Waals surface area contributed by atoms with Crippen molar-refractivity contribution < 1.29 is 5.11 Å². The highest BCUT2D eigenvalue weighted by atomic mass is 16.3. The van der Waals surface area contributed by atoms with E-state index in [4.69, 9.17) is 0 Å². The number of hydrogen-bond acceptors (Lipinski definition) is 1. The molecule has 1 nitrogen and oxygen atoms in total. The van der Waals surface area contributed by atoms with E-state index in [1.165, 1.54) is 24.0 Å². The highest BCUT2D eigenvalue weighted by molar-refractivity contribution is 5.32. The molecule has 3 unspecified atom stereocenters. The molecule has 1 aromatic rings. The third kappa shape index (κ3) is 2.77. The lowest BCUT2D eigenvalue weighted by molar-refractivity contribution is -0.0294. The summed E-state index contributed by atoms with van der Waals surface area (Å²) in [7, 11) is 0. The number of hydrogen-bond donors (Lipinski definition) is 1. The average molecular weight is 246 g/mol. The number of aliphatic hydroxyl groups is 1. The van der Waals surface area contributed by atoms with Crippen LogP contribution in [0.1, 0.15) is 56.2 Å². The van der Waals surface area contributed by atoms with Gasteiger partial charge in [-0.05, 0) is 51.0 Å². The summed E-state index contributed by atoms with van der Waals surface area (Å²) in [6.45, 7) is 8.53. The molecule has 0 aromatic heterocycles. The number of benzene rings is 1. The Labute approximate surface area is 111 Å². The Morgan fingerprint density at radius 3 is 2.28 bits per heavy atom. The highest BCUT2D eigenvalue weighted by Gasteiger charge is 2.36. The van der Waals surface area contributed by atoms with Gasteiger partial charge in [0.15, 0.2) is 0 Å². The molecule has 100 valence electrons. The van der Waals surface area contributed by atoms with Gasteiger partial charge >= 0.3 is 0 Å². The Bertz CT molecular complexity index is 399. The summed E-state index contributed by atoms with van der Waals surface area (Å²) in [5, 5.41) is 11.0. The third-order valence-electron chi connectivity index (χ3n) is 4.54. The molecule has 1 fully saturated rings. The van der Waals surface area contributed by atoms with E-state index < -0.39 is 5.60 Å². The molecule has 18 heavy (non-hydrogen) atoms. The van der Waals surface area contributed by atoms with Gasteiger partial charge in [0.25, 0.3) is 0 Å². The lowest BCUT2D eigenvalue weighted by Gasteiger charge is -2.38. The monoisotopic (exact) mass is 246 g/mol. The minimum absolute atomic E-state index is 0.405. The molecular formula is C17H26O. The van der Waals surface area contributed by atoms with Gasteiger partial charge in [-0.2, -0.15) is 0 Å². The van der Waals surface area contributed by atoms with Crippen molar-refractivity contribution in [1.29, 1.82) is 0 Å². The fraction of sp³-hybridized carbons (Fsp3) is 0.647. The maximum absolute atomic E-state index is 11.0. The van der Waals surface area contributed by atoms with Crippen LogP contribution in [-0.2, 0) is 5.60 Å². The first-order valence-corrected chi connectivity index (χ1v) is 7.20. The molecule has 1 N–H and O–H groups in total. The fourth-order valence-corrected chi connectivity index (χ4v) is 3.45. The molecule has 0 bridgehead atoms. The van der Waals surface area contributed by atoms with Crippen LogP contribution in [0.15, 0.2) is 18.2 Å². The molecule has 1 saturated carbocycles. The van der Waals surface area contributed by atoms with Gasteiger partial charge in [0, 0.05) is 0 Å². The van der Waals surface area contributed by atoms with Crippen molar-refractivity contribution in [2.75, 3.05) is 0 Å². The van der Waals surface area contributed by atoms with Crippen LogP contribution in [0.5, 0.6) is 0 Å². The van der Waals surface area contributed by atoms with E-state index in [1.54, 1.807) is 0 Å². The van der Waals surface area contributed by atoms with E-state index in [2.05, 4.69) is 39.0 Å². The van der Waals surface area contributed by atoms with Crippen LogP contribution in [0, 0.1) is 25.7 Å². The zero-order valence-electron chi connectivity index (χ0n) is 12.2. The second-order valence-electron chi connectivity index (χ2n) is 6.49. The molecule has 0 aliphatic heterocycles. The molecule has 2 rings (SSSR count). The summed E-state index contributed by atoms with van der Waals surface area (Å²) in [6, 6.07) is 6.46. The van der Waals surface area contributed by atoms with Crippen molar-refractivity contribution >= 4 is 0 Å². The van der Waals surface area contributed by atoms with Crippen molar-refractivity contribution in [3.05, 3.63) is 34.9 Å². The molecule has 0 saturated heterocycles. The molecule has 0 spiro atoms. The predicted octanol–water partition coefficient (Wildman–Crippen LogP) is 4.34. The minimum Gasteiger partial charge on any atom is -0.385 e. The first-order chi connectivity index (χ1) is 8.39. The molecule has 0 amide bonds. The molecule has 3 atom stereocenters. The van der Waals surface area contributed by atoms with Crippen molar-refractivity contribution in [2.45, 2.75) is 59.0 Å². The van der Waals surface area contributed by atoms with Crippen molar-refractivity contribution in [3.63, 3.8) is 0 Å². The molecule has 1 heteroatoms. The Balaban J connectivity index is 2.28. The fourth-order valence-electron chi connectivity index (χ4n) is 3.45. The van der Waals surface area contributed by atoms with E-state index >= 15 is 0 Å². The smallest absolute Gasteiger partial charge is 0.0896 e.